The van der Waals surface area contributed by atoms with Crippen LogP contribution < -0.4 is 0 Å². The molecular weight excluding hydrogens is 350 g/mol. The highest BCUT2D eigenvalue weighted by Gasteiger charge is 2.15. The van der Waals surface area contributed by atoms with Crippen molar-refractivity contribution in [2.75, 3.05) is 7.05 Å². The summed E-state index contributed by atoms with van der Waals surface area (Å²) in [5.41, 5.74) is 2.51. The van der Waals surface area contributed by atoms with Crippen molar-refractivity contribution in [3.63, 3.8) is 0 Å². The molecule has 0 saturated heterocycles. The number of aliphatic hydroxyl groups excluding tert-OH is 1. The van der Waals surface area contributed by atoms with Crippen molar-refractivity contribution < 1.29 is 9.90 Å². The van der Waals surface area contributed by atoms with Crippen molar-refractivity contribution in [2.24, 2.45) is 4.99 Å². The zero-order valence-corrected chi connectivity index (χ0v) is 15.8. The molecule has 3 aromatic rings. The number of aromatic nitrogens is 2. The van der Waals surface area contributed by atoms with Gasteiger partial charge < -0.3 is 9.67 Å². The maximum atomic E-state index is 11.7. The molecule has 0 aliphatic rings. The number of hydrogen-bond acceptors (Lipinski definition) is 4. The maximum absolute atomic E-state index is 11.7. The predicted octanol–water partition coefficient (Wildman–Crippen LogP) is 4.27. The number of Topliss-reactive ketones (excluding diaryl/α,β-unsaturated/α-hetero) is 1. The van der Waals surface area contributed by atoms with E-state index in [0.29, 0.717) is 12.4 Å². The van der Waals surface area contributed by atoms with Crippen LogP contribution in [-0.2, 0) is 11.3 Å². The summed E-state index contributed by atoms with van der Waals surface area (Å²) >= 11 is 0. The van der Waals surface area contributed by atoms with Gasteiger partial charge in [0.15, 0.2) is 5.76 Å². The average Bonchev–Trinajstić information content (AvgIpc) is 3.17. The molecule has 2 aromatic carbocycles. The fraction of sp³-hybridized carbons (Fsp3) is 0.174. The van der Waals surface area contributed by atoms with Gasteiger partial charge in [-0.05, 0) is 17.5 Å². The minimum atomic E-state index is -0.538. The quantitative estimate of drug-likeness (QED) is 0.364. The minimum absolute atomic E-state index is 0.240. The molecule has 0 aliphatic heterocycles. The molecule has 1 N–H and O–H groups in total. The van der Waals surface area contributed by atoms with Crippen LogP contribution in [0.25, 0.3) is 6.08 Å². The monoisotopic (exact) mass is 373 g/mol. The van der Waals surface area contributed by atoms with Crippen molar-refractivity contribution in [3.8, 4) is 0 Å². The van der Waals surface area contributed by atoms with Crippen molar-refractivity contribution >= 4 is 18.1 Å². The second kappa shape index (κ2) is 9.46. The van der Waals surface area contributed by atoms with E-state index in [1.54, 1.807) is 6.20 Å². The van der Waals surface area contributed by atoms with Crippen molar-refractivity contribution in [2.45, 2.75) is 18.9 Å². The van der Waals surface area contributed by atoms with Crippen LogP contribution in [-0.4, -0.2) is 33.7 Å². The Balaban J connectivity index is 1.81. The van der Waals surface area contributed by atoms with Gasteiger partial charge in [-0.3, -0.25) is 9.79 Å². The predicted molar refractivity (Wildman–Crippen MR) is 112 cm³/mol. The molecule has 0 atom stereocenters. The van der Waals surface area contributed by atoms with Gasteiger partial charge in [0.25, 0.3) is 0 Å². The van der Waals surface area contributed by atoms with Gasteiger partial charge >= 0.3 is 0 Å². The van der Waals surface area contributed by atoms with E-state index in [2.05, 4.69) is 58.5 Å². The molecule has 0 unspecified atom stereocenters. The molecule has 0 spiro atoms. The van der Waals surface area contributed by atoms with E-state index in [-0.39, 0.29) is 11.7 Å². The molecule has 5 nitrogen and oxygen atoms in total. The van der Waals surface area contributed by atoms with Gasteiger partial charge in [-0.1, -0.05) is 60.7 Å². The normalized spacial score (nSPS) is 12.0. The van der Waals surface area contributed by atoms with Crippen LogP contribution in [0.4, 0.5) is 0 Å². The smallest absolute Gasteiger partial charge is 0.237 e. The summed E-state index contributed by atoms with van der Waals surface area (Å²) in [4.78, 5) is 19.6. The van der Waals surface area contributed by atoms with Gasteiger partial charge in [-0.15, -0.1) is 0 Å². The first-order valence-electron chi connectivity index (χ1n) is 9.17. The summed E-state index contributed by atoms with van der Waals surface area (Å²) in [5, 5.41) is 9.95. The number of carbonyl (C=O) groups is 1. The zero-order chi connectivity index (χ0) is 19.8. The van der Waals surface area contributed by atoms with E-state index in [1.807, 2.05) is 22.9 Å². The van der Waals surface area contributed by atoms with E-state index in [1.165, 1.54) is 24.3 Å². The lowest BCUT2D eigenvalue weighted by atomic mass is 9.88. The lowest BCUT2D eigenvalue weighted by Gasteiger charge is -2.19. The molecule has 0 bridgehead atoms. The van der Waals surface area contributed by atoms with Crippen molar-refractivity contribution in [1.29, 1.82) is 0 Å². The number of nitrogens with zero attached hydrogens (tertiary/aromatic N) is 3. The summed E-state index contributed by atoms with van der Waals surface area (Å²) in [6.45, 7) is 0.698. The molecule has 0 radical (unpaired) electrons. The number of allylic oxidation sites excluding steroid dienone is 1. The first-order chi connectivity index (χ1) is 13.7. The molecule has 0 fully saturated rings. The van der Waals surface area contributed by atoms with Crippen LogP contribution in [0.1, 0.15) is 29.3 Å². The van der Waals surface area contributed by atoms with Gasteiger partial charge in [-0.25, -0.2) is 4.98 Å². The highest BCUT2D eigenvalue weighted by Crippen LogP contribution is 2.28. The first-order valence-corrected chi connectivity index (χ1v) is 9.17. The Morgan fingerprint density at radius 1 is 1.11 bits per heavy atom. The molecule has 0 saturated carbocycles. The van der Waals surface area contributed by atoms with E-state index < -0.39 is 5.78 Å². The van der Waals surface area contributed by atoms with E-state index in [0.717, 1.165) is 12.6 Å². The summed E-state index contributed by atoms with van der Waals surface area (Å²) in [6, 6.07) is 20.8. The van der Waals surface area contributed by atoms with Crippen LogP contribution in [0.5, 0.6) is 0 Å². The number of imidazole rings is 1. The van der Waals surface area contributed by atoms with Gasteiger partial charge in [0, 0.05) is 38.0 Å². The molecule has 28 heavy (non-hydrogen) atoms. The average molecular weight is 373 g/mol. The lowest BCUT2D eigenvalue weighted by Crippen LogP contribution is -2.09. The van der Waals surface area contributed by atoms with Crippen LogP contribution >= 0.6 is 0 Å². The van der Waals surface area contributed by atoms with Gasteiger partial charge in [-0.2, -0.15) is 0 Å². The van der Waals surface area contributed by atoms with E-state index in [9.17, 15) is 9.90 Å². The Hall–Kier alpha value is -3.47. The van der Waals surface area contributed by atoms with Crippen LogP contribution in [0.3, 0.4) is 0 Å². The Kier molecular flexibility index (Phi) is 6.52. The largest absolute Gasteiger partial charge is 0.504 e. The number of hydrogen-bond donors (Lipinski definition) is 1. The second-order valence-corrected chi connectivity index (χ2v) is 6.42. The number of aliphatic imine (C=N–C) groups is 1. The molecule has 1 aromatic heterocycles. The Labute approximate surface area is 164 Å². The Bertz CT molecular complexity index is 920. The summed E-state index contributed by atoms with van der Waals surface area (Å²) in [6.07, 6.45) is 6.84. The van der Waals surface area contributed by atoms with Crippen molar-refractivity contribution in [3.05, 3.63) is 95.8 Å². The molecule has 142 valence electrons. The summed E-state index contributed by atoms with van der Waals surface area (Å²) < 4.78 is 1.94. The fourth-order valence-corrected chi connectivity index (χ4v) is 3.19. The molecule has 5 heteroatoms. The number of benzene rings is 2. The zero-order valence-electron chi connectivity index (χ0n) is 15.8. The van der Waals surface area contributed by atoms with Crippen LogP contribution in [0, 0.1) is 0 Å². The highest BCUT2D eigenvalue weighted by molar-refractivity contribution is 6.35. The minimum Gasteiger partial charge on any atom is -0.504 e. The van der Waals surface area contributed by atoms with Crippen LogP contribution in [0.2, 0.25) is 0 Å². The van der Waals surface area contributed by atoms with Gasteiger partial charge in [0.1, 0.15) is 5.82 Å². The highest BCUT2D eigenvalue weighted by atomic mass is 16.3. The summed E-state index contributed by atoms with van der Waals surface area (Å²) in [7, 11) is 1.49. The SMILES string of the molecule is CN=CC(=O)/C(O)=C/c1nccn1CCC(c1ccccc1)c1ccccc1. The number of carbonyl (C=O) groups excluding carboxylic acids is 1. The number of aryl methyl sites for hydroxylation is 1. The third-order valence-electron chi connectivity index (χ3n) is 4.57. The van der Waals surface area contributed by atoms with Crippen molar-refractivity contribution in [1.82, 2.24) is 9.55 Å². The Morgan fingerprint density at radius 2 is 1.71 bits per heavy atom. The number of rotatable bonds is 8. The first kappa shape index (κ1) is 19.3. The third-order valence-corrected chi connectivity index (χ3v) is 4.57. The van der Waals surface area contributed by atoms with E-state index in [4.69, 9.17) is 0 Å². The van der Waals surface area contributed by atoms with Crippen LogP contribution in [0.15, 0.2) is 83.8 Å². The summed E-state index contributed by atoms with van der Waals surface area (Å²) in [5.74, 6) is -0.136. The molecule has 1 heterocycles. The lowest BCUT2D eigenvalue weighted by molar-refractivity contribution is -0.111. The maximum Gasteiger partial charge on any atom is 0.237 e. The standard InChI is InChI=1S/C23H23N3O2/c1-24-17-22(28)21(27)16-23-25-13-15-26(23)14-12-20(18-8-4-2-5-9-18)19-10-6-3-7-11-19/h2-11,13,15-17,20,27H,12,14H2,1H3/b21-16-,24-17?. The molecular formula is C23H23N3O2. The third kappa shape index (κ3) is 4.82. The van der Waals surface area contributed by atoms with E-state index >= 15 is 0 Å². The molecule has 0 aliphatic carbocycles. The molecule has 0 amide bonds. The number of aliphatic hydroxyl groups is 1. The number of ketones is 1. The molecule has 3 rings (SSSR count). The fourth-order valence-electron chi connectivity index (χ4n) is 3.19. The second-order valence-electron chi connectivity index (χ2n) is 6.42. The van der Waals surface area contributed by atoms with Gasteiger partial charge in [0.05, 0.1) is 6.21 Å². The van der Waals surface area contributed by atoms with Gasteiger partial charge in [0.2, 0.25) is 5.78 Å². The Morgan fingerprint density at radius 3 is 2.29 bits per heavy atom. The topological polar surface area (TPSA) is 67.5 Å².